The van der Waals surface area contributed by atoms with Gasteiger partial charge in [-0.15, -0.1) is 11.3 Å². The molecular formula is C18H19N5O2S2. The second-order valence-corrected chi connectivity index (χ2v) is 7.59. The van der Waals surface area contributed by atoms with E-state index in [2.05, 4.69) is 25.6 Å². The van der Waals surface area contributed by atoms with Crippen LogP contribution in [0.5, 0.6) is 0 Å². The van der Waals surface area contributed by atoms with Gasteiger partial charge in [-0.25, -0.2) is 9.78 Å². The van der Waals surface area contributed by atoms with Gasteiger partial charge in [0.25, 0.3) is 0 Å². The highest BCUT2D eigenvalue weighted by Gasteiger charge is 2.16. The van der Waals surface area contributed by atoms with Crippen LogP contribution < -0.4 is 15.6 Å². The van der Waals surface area contributed by atoms with Gasteiger partial charge in [0, 0.05) is 19.8 Å². The molecule has 2 N–H and O–H groups in total. The van der Waals surface area contributed by atoms with Crippen molar-refractivity contribution in [2.45, 2.75) is 0 Å². The minimum Gasteiger partial charge on any atom is -0.453 e. The topological polar surface area (TPSA) is 78.8 Å². The van der Waals surface area contributed by atoms with E-state index >= 15 is 0 Å². The Bertz CT molecular complexity index is 918. The first-order chi connectivity index (χ1) is 13.1. The molecule has 0 aliphatic heterocycles. The Morgan fingerprint density at radius 1 is 1.26 bits per heavy atom. The van der Waals surface area contributed by atoms with Crippen molar-refractivity contribution in [3.05, 3.63) is 47.3 Å². The number of hydrogen-bond acceptors (Lipinski definition) is 8. The minimum atomic E-state index is -0.535. The summed E-state index contributed by atoms with van der Waals surface area (Å²) in [4.78, 5) is 19.1. The number of carbonyl (C=O) groups is 1. The van der Waals surface area contributed by atoms with E-state index in [0.717, 1.165) is 16.1 Å². The molecule has 2 heterocycles. The molecule has 1 aromatic carbocycles. The van der Waals surface area contributed by atoms with Crippen LogP contribution >= 0.6 is 22.7 Å². The third kappa shape index (κ3) is 4.83. The summed E-state index contributed by atoms with van der Waals surface area (Å²) in [5.74, 6) is 0. The van der Waals surface area contributed by atoms with Gasteiger partial charge < -0.3 is 9.64 Å². The number of methoxy groups -OCH3 is 1. The van der Waals surface area contributed by atoms with Crippen LogP contribution in [0.4, 0.5) is 20.6 Å². The minimum absolute atomic E-state index is 0.535. The number of hydrazone groups is 1. The molecular weight excluding hydrogens is 382 g/mol. The Kier molecular flexibility index (Phi) is 6.05. The predicted molar refractivity (Wildman–Crippen MR) is 113 cm³/mol. The summed E-state index contributed by atoms with van der Waals surface area (Å²) in [5.41, 5.74) is 5.70. The quantitative estimate of drug-likeness (QED) is 0.467. The molecule has 0 radical (unpaired) electrons. The number of rotatable bonds is 6. The number of thiazole rings is 1. The van der Waals surface area contributed by atoms with Crippen molar-refractivity contribution >= 4 is 50.8 Å². The molecule has 0 aliphatic carbocycles. The Hall–Kier alpha value is -2.91. The largest absolute Gasteiger partial charge is 0.453 e. The average Bonchev–Trinajstić information content (AvgIpc) is 3.32. The molecule has 0 saturated carbocycles. The van der Waals surface area contributed by atoms with Crippen LogP contribution in [0.15, 0.2) is 46.9 Å². The van der Waals surface area contributed by atoms with E-state index in [1.807, 2.05) is 60.8 Å². The number of ether oxygens (including phenoxy) is 1. The summed E-state index contributed by atoms with van der Waals surface area (Å²) in [6, 6.07) is 11.9. The molecule has 1 amide bonds. The van der Waals surface area contributed by atoms with Crippen molar-refractivity contribution in [2.75, 3.05) is 36.8 Å². The van der Waals surface area contributed by atoms with Crippen molar-refractivity contribution in [1.29, 1.82) is 0 Å². The maximum absolute atomic E-state index is 11.6. The van der Waals surface area contributed by atoms with Crippen LogP contribution in [-0.4, -0.2) is 38.5 Å². The van der Waals surface area contributed by atoms with Gasteiger partial charge in [0.15, 0.2) is 0 Å². The lowest BCUT2D eigenvalue weighted by atomic mass is 10.2. The van der Waals surface area contributed by atoms with Crippen LogP contribution in [0.2, 0.25) is 0 Å². The molecule has 3 aromatic rings. The van der Waals surface area contributed by atoms with E-state index in [0.29, 0.717) is 15.8 Å². The molecule has 140 valence electrons. The number of hydrogen-bond donors (Lipinski definition) is 2. The normalized spacial score (nSPS) is 10.8. The summed E-state index contributed by atoms with van der Waals surface area (Å²) < 4.78 is 4.68. The second kappa shape index (κ2) is 8.65. The molecule has 7 nitrogen and oxygen atoms in total. The third-order valence-corrected chi connectivity index (χ3v) is 5.32. The van der Waals surface area contributed by atoms with Crippen molar-refractivity contribution in [3.8, 4) is 10.6 Å². The zero-order chi connectivity index (χ0) is 19.2. The fourth-order valence-electron chi connectivity index (χ4n) is 2.20. The molecule has 2 aromatic heterocycles. The van der Waals surface area contributed by atoms with Crippen molar-refractivity contribution in [1.82, 2.24) is 4.98 Å². The van der Waals surface area contributed by atoms with Crippen LogP contribution in [0.1, 0.15) is 5.56 Å². The number of thiophene rings is 1. The Morgan fingerprint density at radius 2 is 2.04 bits per heavy atom. The first-order valence-corrected chi connectivity index (χ1v) is 9.72. The lowest BCUT2D eigenvalue weighted by Crippen LogP contribution is -2.10. The first kappa shape index (κ1) is 18.9. The van der Waals surface area contributed by atoms with Gasteiger partial charge in [-0.2, -0.15) is 5.10 Å². The Morgan fingerprint density at radius 3 is 2.67 bits per heavy atom. The molecule has 27 heavy (non-hydrogen) atoms. The highest BCUT2D eigenvalue weighted by Crippen LogP contribution is 2.38. The number of amides is 1. The van der Waals surface area contributed by atoms with E-state index in [9.17, 15) is 4.79 Å². The van der Waals surface area contributed by atoms with Gasteiger partial charge in [0.2, 0.25) is 5.13 Å². The molecule has 0 atom stereocenters. The van der Waals surface area contributed by atoms with Crippen molar-refractivity contribution in [2.24, 2.45) is 5.10 Å². The average molecular weight is 402 g/mol. The summed E-state index contributed by atoms with van der Waals surface area (Å²) in [6.07, 6.45) is 1.19. The van der Waals surface area contributed by atoms with Gasteiger partial charge in [-0.3, -0.25) is 10.7 Å². The zero-order valence-corrected chi connectivity index (χ0v) is 16.7. The number of anilines is 3. The van der Waals surface area contributed by atoms with Crippen molar-refractivity contribution in [3.63, 3.8) is 0 Å². The molecule has 0 unspecified atom stereocenters. The molecule has 0 bridgehead atoms. The Balaban J connectivity index is 1.74. The van der Waals surface area contributed by atoms with Gasteiger partial charge in [-0.05, 0) is 29.1 Å². The first-order valence-electron chi connectivity index (χ1n) is 8.03. The number of aromatic nitrogens is 1. The monoisotopic (exact) mass is 401 g/mol. The fourth-order valence-corrected chi connectivity index (χ4v) is 3.80. The fraction of sp³-hybridized carbons (Fsp3) is 0.167. The van der Waals surface area contributed by atoms with Gasteiger partial charge >= 0.3 is 6.09 Å². The number of nitrogens with zero attached hydrogens (tertiary/aromatic N) is 3. The lowest BCUT2D eigenvalue weighted by Gasteiger charge is -2.11. The van der Waals surface area contributed by atoms with E-state index in [1.54, 1.807) is 17.6 Å². The van der Waals surface area contributed by atoms with Crippen LogP contribution in [0.3, 0.4) is 0 Å². The maximum atomic E-state index is 11.6. The third-order valence-electron chi connectivity index (χ3n) is 3.57. The number of nitrogens with one attached hydrogen (secondary N) is 2. The standard InChI is InChI=1S/C18H19N5O2S2/c1-23(2)13-8-6-12(7-9-13)11-19-22-17-20-15(14-5-4-10-26-14)16(27-17)21-18(24)25-3/h4-11H,1-3H3,(H,20,22)(H,21,24). The number of carbonyl (C=O) groups excluding carboxylic acids is 1. The van der Waals surface area contributed by atoms with Crippen LogP contribution in [0.25, 0.3) is 10.6 Å². The van der Waals surface area contributed by atoms with Gasteiger partial charge in [0.05, 0.1) is 18.2 Å². The summed E-state index contributed by atoms with van der Waals surface area (Å²) >= 11 is 2.84. The van der Waals surface area contributed by atoms with E-state index < -0.39 is 6.09 Å². The lowest BCUT2D eigenvalue weighted by molar-refractivity contribution is 0.187. The van der Waals surface area contributed by atoms with E-state index in [1.165, 1.54) is 18.4 Å². The predicted octanol–water partition coefficient (Wildman–Crippen LogP) is 4.56. The molecule has 9 heteroatoms. The smallest absolute Gasteiger partial charge is 0.412 e. The molecule has 3 rings (SSSR count). The van der Waals surface area contributed by atoms with Crippen LogP contribution in [0, 0.1) is 0 Å². The summed E-state index contributed by atoms with van der Waals surface area (Å²) in [6.45, 7) is 0. The molecule has 0 saturated heterocycles. The van der Waals surface area contributed by atoms with E-state index in [4.69, 9.17) is 0 Å². The zero-order valence-electron chi connectivity index (χ0n) is 15.1. The Labute approximate surface area is 165 Å². The molecule has 0 spiro atoms. The van der Waals surface area contributed by atoms with Crippen LogP contribution in [-0.2, 0) is 4.74 Å². The SMILES string of the molecule is COC(=O)Nc1sc(NN=Cc2ccc(N(C)C)cc2)nc1-c1cccs1. The van der Waals surface area contributed by atoms with Gasteiger partial charge in [-0.1, -0.05) is 29.5 Å². The van der Waals surface area contributed by atoms with Crippen molar-refractivity contribution < 1.29 is 9.53 Å². The number of benzene rings is 1. The second-order valence-electron chi connectivity index (χ2n) is 5.65. The maximum Gasteiger partial charge on any atom is 0.412 e. The highest BCUT2D eigenvalue weighted by atomic mass is 32.1. The highest BCUT2D eigenvalue weighted by molar-refractivity contribution is 7.21. The summed E-state index contributed by atoms with van der Waals surface area (Å²) in [7, 11) is 5.32. The van der Waals surface area contributed by atoms with Gasteiger partial charge in [0.1, 0.15) is 10.7 Å². The summed E-state index contributed by atoms with van der Waals surface area (Å²) in [5, 5.41) is 10.1. The molecule has 0 aliphatic rings. The molecule has 0 fully saturated rings. The van der Waals surface area contributed by atoms with E-state index in [-0.39, 0.29) is 0 Å².